The summed E-state index contributed by atoms with van der Waals surface area (Å²) in [6.45, 7) is 7.01. The van der Waals surface area contributed by atoms with Gasteiger partial charge >= 0.3 is 6.09 Å². The molecule has 0 radical (unpaired) electrons. The molecule has 1 unspecified atom stereocenters. The second-order valence-electron chi connectivity index (χ2n) is 11.4. The molecule has 0 saturated heterocycles. The number of fused-ring (bicyclic) bond motifs is 3. The van der Waals surface area contributed by atoms with E-state index < -0.39 is 5.60 Å². The molecule has 2 aliphatic carbocycles. The van der Waals surface area contributed by atoms with Crippen LogP contribution in [0.3, 0.4) is 0 Å². The number of benzene rings is 1. The van der Waals surface area contributed by atoms with E-state index in [-0.39, 0.29) is 18.1 Å². The fraction of sp³-hybridized carbons (Fsp3) is 0.630. The predicted molar refractivity (Wildman–Crippen MR) is 134 cm³/mol. The molecule has 34 heavy (non-hydrogen) atoms. The Hall–Kier alpha value is -2.21. The highest BCUT2D eigenvalue weighted by Gasteiger charge is 2.44. The molecule has 2 fully saturated rings. The molecular formula is C27H36ClN3O3. The highest BCUT2D eigenvalue weighted by Crippen LogP contribution is 2.49. The van der Waals surface area contributed by atoms with Gasteiger partial charge in [0.25, 0.3) is 0 Å². The molecule has 2 heterocycles. The van der Waals surface area contributed by atoms with Crippen LogP contribution in [0.4, 0.5) is 4.79 Å². The van der Waals surface area contributed by atoms with Crippen LogP contribution in [-0.4, -0.2) is 40.6 Å². The quantitative estimate of drug-likeness (QED) is 0.558. The minimum Gasteiger partial charge on any atom is -0.444 e. The zero-order valence-electron chi connectivity index (χ0n) is 20.5. The van der Waals surface area contributed by atoms with Crippen molar-refractivity contribution in [3.05, 3.63) is 34.5 Å². The van der Waals surface area contributed by atoms with E-state index >= 15 is 0 Å². The summed E-state index contributed by atoms with van der Waals surface area (Å²) in [7, 11) is 0. The Kier molecular flexibility index (Phi) is 6.30. The highest BCUT2D eigenvalue weighted by molar-refractivity contribution is 6.31. The molecule has 6 nitrogen and oxygen atoms in total. The Morgan fingerprint density at radius 2 is 1.88 bits per heavy atom. The van der Waals surface area contributed by atoms with Crippen LogP contribution in [0.1, 0.15) is 76.6 Å². The third-order valence-corrected chi connectivity index (χ3v) is 7.85. The zero-order valence-corrected chi connectivity index (χ0v) is 21.2. The topological polar surface area (TPSA) is 74.4 Å². The van der Waals surface area contributed by atoms with Crippen LogP contribution in [0.15, 0.2) is 18.2 Å². The van der Waals surface area contributed by atoms with Gasteiger partial charge in [-0.25, -0.2) is 4.79 Å². The molecule has 2 saturated carbocycles. The van der Waals surface area contributed by atoms with Crippen molar-refractivity contribution >= 4 is 34.5 Å². The Labute approximate surface area is 206 Å². The van der Waals surface area contributed by atoms with Gasteiger partial charge in [-0.3, -0.25) is 4.79 Å². The number of hydrogen-bond acceptors (Lipinski definition) is 3. The first-order chi connectivity index (χ1) is 16.2. The summed E-state index contributed by atoms with van der Waals surface area (Å²) in [4.78, 5) is 31.5. The summed E-state index contributed by atoms with van der Waals surface area (Å²) in [5.74, 6) is 1.36. The molecule has 5 rings (SSSR count). The number of halogens is 1. The summed E-state index contributed by atoms with van der Waals surface area (Å²) in [5, 5.41) is 4.89. The number of ether oxygens (including phenoxy) is 1. The molecule has 2 aromatic rings. The van der Waals surface area contributed by atoms with Gasteiger partial charge < -0.3 is 19.9 Å². The second-order valence-corrected chi connectivity index (χ2v) is 11.8. The smallest absolute Gasteiger partial charge is 0.407 e. The fourth-order valence-corrected chi connectivity index (χ4v) is 6.01. The normalized spacial score (nSPS) is 25.2. The van der Waals surface area contributed by atoms with E-state index in [4.69, 9.17) is 16.3 Å². The molecule has 2 amide bonds. The second kappa shape index (κ2) is 9.10. The van der Waals surface area contributed by atoms with Crippen LogP contribution in [0.25, 0.3) is 10.9 Å². The van der Waals surface area contributed by atoms with E-state index in [2.05, 4.69) is 21.3 Å². The number of rotatable bonds is 4. The average molecular weight is 486 g/mol. The van der Waals surface area contributed by atoms with Crippen molar-refractivity contribution in [2.75, 3.05) is 13.1 Å². The van der Waals surface area contributed by atoms with E-state index in [9.17, 15) is 9.59 Å². The first kappa shape index (κ1) is 23.5. The van der Waals surface area contributed by atoms with Crippen LogP contribution in [-0.2, 0) is 16.0 Å². The molecule has 7 heteroatoms. The number of hydrogen-bond donors (Lipinski definition) is 2. The first-order valence-corrected chi connectivity index (χ1v) is 13.1. The van der Waals surface area contributed by atoms with Crippen LogP contribution < -0.4 is 5.32 Å². The Morgan fingerprint density at radius 1 is 1.15 bits per heavy atom. The minimum absolute atomic E-state index is 0.0828. The lowest BCUT2D eigenvalue weighted by Crippen LogP contribution is -2.45. The van der Waals surface area contributed by atoms with Crippen molar-refractivity contribution in [2.45, 2.75) is 77.4 Å². The summed E-state index contributed by atoms with van der Waals surface area (Å²) in [6.07, 6.45) is 6.61. The molecule has 3 aliphatic rings. The number of H-pyrrole nitrogens is 1. The molecule has 184 valence electrons. The maximum Gasteiger partial charge on any atom is 0.407 e. The Balaban J connectivity index is 1.22. The number of nitrogens with one attached hydrogen (secondary N) is 2. The summed E-state index contributed by atoms with van der Waals surface area (Å²) in [6, 6.07) is 6.23. The van der Waals surface area contributed by atoms with Gasteiger partial charge in [-0.1, -0.05) is 17.7 Å². The summed E-state index contributed by atoms with van der Waals surface area (Å²) >= 11 is 6.24. The predicted octanol–water partition coefficient (Wildman–Crippen LogP) is 5.99. The fourth-order valence-electron chi connectivity index (χ4n) is 5.84. The highest BCUT2D eigenvalue weighted by atomic mass is 35.5. The maximum absolute atomic E-state index is 13.7. The van der Waals surface area contributed by atoms with Crippen LogP contribution in [0.2, 0.25) is 5.02 Å². The maximum atomic E-state index is 13.7. The summed E-state index contributed by atoms with van der Waals surface area (Å²) in [5.41, 5.74) is 3.19. The van der Waals surface area contributed by atoms with Crippen molar-refractivity contribution in [3.63, 3.8) is 0 Å². The number of alkyl carbamates (subject to hydrolysis) is 1. The largest absolute Gasteiger partial charge is 0.444 e. The minimum atomic E-state index is -0.488. The number of nitrogens with zero attached hydrogens (tertiary/aromatic N) is 1. The Bertz CT molecular complexity index is 1080. The SMILES string of the molecule is CC(C)(C)OC(=O)NCC1CCC(C(=O)N2CCc3c([nH]c4cc(Cl)ccc34)C2C2CC2)CC1. The molecule has 1 aromatic carbocycles. The van der Waals surface area contributed by atoms with Crippen molar-refractivity contribution in [1.82, 2.24) is 15.2 Å². The third kappa shape index (κ3) is 4.93. The number of aromatic nitrogens is 1. The summed E-state index contributed by atoms with van der Waals surface area (Å²) < 4.78 is 5.34. The molecule has 1 aromatic heterocycles. The number of aromatic amines is 1. The van der Waals surface area contributed by atoms with E-state index in [0.29, 0.717) is 24.3 Å². The lowest BCUT2D eigenvalue weighted by molar-refractivity contribution is -0.140. The lowest BCUT2D eigenvalue weighted by Gasteiger charge is -2.39. The molecule has 0 bridgehead atoms. The standard InChI is InChI=1S/C27H36ClN3O3/c1-27(2,3)34-26(33)29-15-16-4-6-18(7-5-16)25(32)31-13-12-21-20-11-10-19(28)14-22(20)30-23(21)24(31)17-8-9-17/h10-11,14,16-18,24,30H,4-9,12-13,15H2,1-3H3,(H,29,33). The monoisotopic (exact) mass is 485 g/mol. The van der Waals surface area contributed by atoms with E-state index in [0.717, 1.165) is 49.2 Å². The van der Waals surface area contributed by atoms with Gasteiger partial charge in [-0.2, -0.15) is 0 Å². The van der Waals surface area contributed by atoms with Gasteiger partial charge in [0.2, 0.25) is 5.91 Å². The Morgan fingerprint density at radius 3 is 2.56 bits per heavy atom. The van der Waals surface area contributed by atoms with E-state index in [1.807, 2.05) is 32.9 Å². The molecule has 2 N–H and O–H groups in total. The third-order valence-electron chi connectivity index (χ3n) is 7.62. The van der Waals surface area contributed by atoms with Crippen LogP contribution >= 0.6 is 11.6 Å². The van der Waals surface area contributed by atoms with Gasteiger partial charge in [0.05, 0.1) is 6.04 Å². The van der Waals surface area contributed by atoms with Gasteiger partial charge in [-0.15, -0.1) is 0 Å². The van der Waals surface area contributed by atoms with Crippen LogP contribution in [0, 0.1) is 17.8 Å². The van der Waals surface area contributed by atoms with E-state index in [1.54, 1.807) is 0 Å². The van der Waals surface area contributed by atoms with Gasteiger partial charge in [0, 0.05) is 40.6 Å². The van der Waals surface area contributed by atoms with Crippen molar-refractivity contribution < 1.29 is 14.3 Å². The molecule has 1 atom stereocenters. The molecular weight excluding hydrogens is 450 g/mol. The van der Waals surface area contributed by atoms with Gasteiger partial charge in [-0.05, 0) is 95.2 Å². The first-order valence-electron chi connectivity index (χ1n) is 12.8. The van der Waals surface area contributed by atoms with Crippen molar-refractivity contribution in [1.29, 1.82) is 0 Å². The number of carbonyl (C=O) groups excluding carboxylic acids is 2. The van der Waals surface area contributed by atoms with Gasteiger partial charge in [0.1, 0.15) is 5.60 Å². The van der Waals surface area contributed by atoms with Gasteiger partial charge in [0.15, 0.2) is 0 Å². The number of carbonyl (C=O) groups is 2. The molecule has 1 aliphatic heterocycles. The van der Waals surface area contributed by atoms with Crippen molar-refractivity contribution in [3.8, 4) is 0 Å². The zero-order chi connectivity index (χ0) is 24.0. The average Bonchev–Trinajstić information content (AvgIpc) is 3.56. The molecule has 0 spiro atoms. The number of amides is 2. The van der Waals surface area contributed by atoms with Crippen molar-refractivity contribution in [2.24, 2.45) is 17.8 Å². The van der Waals surface area contributed by atoms with Crippen LogP contribution in [0.5, 0.6) is 0 Å². The van der Waals surface area contributed by atoms with E-state index in [1.165, 1.54) is 29.5 Å². The lowest BCUT2D eigenvalue weighted by atomic mass is 9.80.